The van der Waals surface area contributed by atoms with Crippen molar-refractivity contribution >= 4 is 5.91 Å². The topological polar surface area (TPSA) is 29.1 Å². The first kappa shape index (κ1) is 14.7. The molecule has 1 amide bonds. The van der Waals surface area contributed by atoms with Crippen molar-refractivity contribution in [1.82, 2.24) is 5.32 Å². The zero-order valence-corrected chi connectivity index (χ0v) is 11.5. The highest BCUT2D eigenvalue weighted by molar-refractivity contribution is 5.78. The van der Waals surface area contributed by atoms with Crippen LogP contribution in [0.5, 0.6) is 0 Å². The minimum atomic E-state index is -0.276. The first-order valence-electron chi connectivity index (χ1n) is 6.44. The Labute approximate surface area is 109 Å². The molecule has 0 saturated heterocycles. The van der Waals surface area contributed by atoms with Gasteiger partial charge in [0.05, 0.1) is 6.42 Å². The predicted octanol–water partition coefficient (Wildman–Crippen LogP) is 3.17. The van der Waals surface area contributed by atoms with Gasteiger partial charge in [0.15, 0.2) is 0 Å². The molecule has 0 aliphatic carbocycles. The average Bonchev–Trinajstić information content (AvgIpc) is 2.28. The van der Waals surface area contributed by atoms with Crippen LogP contribution in [-0.4, -0.2) is 11.9 Å². The standard InChI is InChI=1S/C15H22FNO/c1-10(2)15(11(3)4)17-14(18)9-12-5-7-13(16)8-6-12/h5-8,10-11,15H,9H2,1-4H3,(H,17,18). The van der Waals surface area contributed by atoms with Crippen LogP contribution in [0.25, 0.3) is 0 Å². The SMILES string of the molecule is CC(C)C(NC(=O)Cc1ccc(F)cc1)C(C)C. The van der Waals surface area contributed by atoms with Gasteiger partial charge in [-0.05, 0) is 29.5 Å². The number of benzene rings is 1. The summed E-state index contributed by atoms with van der Waals surface area (Å²) >= 11 is 0. The third-order valence-corrected chi connectivity index (χ3v) is 3.04. The Morgan fingerprint density at radius 2 is 1.61 bits per heavy atom. The molecule has 0 saturated carbocycles. The van der Waals surface area contributed by atoms with Crippen molar-refractivity contribution in [3.05, 3.63) is 35.6 Å². The highest BCUT2D eigenvalue weighted by Crippen LogP contribution is 2.12. The maximum Gasteiger partial charge on any atom is 0.224 e. The van der Waals surface area contributed by atoms with Crippen molar-refractivity contribution < 1.29 is 9.18 Å². The summed E-state index contributed by atoms with van der Waals surface area (Å²) in [6, 6.07) is 6.23. The first-order valence-corrected chi connectivity index (χ1v) is 6.44. The number of amides is 1. The molecular formula is C15H22FNO. The summed E-state index contributed by atoms with van der Waals surface area (Å²) in [6.07, 6.45) is 0.302. The van der Waals surface area contributed by atoms with Crippen molar-refractivity contribution in [2.24, 2.45) is 11.8 Å². The van der Waals surface area contributed by atoms with Crippen LogP contribution in [0.1, 0.15) is 33.3 Å². The molecule has 0 radical (unpaired) electrons. The molecule has 0 atom stereocenters. The average molecular weight is 251 g/mol. The van der Waals surface area contributed by atoms with Crippen LogP contribution in [0.4, 0.5) is 4.39 Å². The van der Waals surface area contributed by atoms with Crippen LogP contribution in [0.3, 0.4) is 0 Å². The highest BCUT2D eigenvalue weighted by Gasteiger charge is 2.19. The second-order valence-electron chi connectivity index (χ2n) is 5.38. The van der Waals surface area contributed by atoms with E-state index in [9.17, 15) is 9.18 Å². The fraction of sp³-hybridized carbons (Fsp3) is 0.533. The zero-order valence-electron chi connectivity index (χ0n) is 11.5. The molecule has 1 N–H and O–H groups in total. The first-order chi connectivity index (χ1) is 8.40. The van der Waals surface area contributed by atoms with E-state index in [-0.39, 0.29) is 17.8 Å². The smallest absolute Gasteiger partial charge is 0.224 e. The summed E-state index contributed by atoms with van der Waals surface area (Å²) < 4.78 is 12.7. The Morgan fingerprint density at radius 3 is 2.06 bits per heavy atom. The molecule has 1 aromatic rings. The molecule has 2 nitrogen and oxygen atoms in total. The molecule has 0 aliphatic heterocycles. The van der Waals surface area contributed by atoms with Crippen molar-refractivity contribution in [1.29, 1.82) is 0 Å². The Hall–Kier alpha value is -1.38. The van der Waals surface area contributed by atoms with E-state index < -0.39 is 0 Å². The van der Waals surface area contributed by atoms with Gasteiger partial charge in [-0.1, -0.05) is 39.8 Å². The summed E-state index contributed by atoms with van der Waals surface area (Å²) in [5.41, 5.74) is 0.833. The van der Waals surface area contributed by atoms with Crippen LogP contribution >= 0.6 is 0 Å². The van der Waals surface area contributed by atoms with Gasteiger partial charge in [0, 0.05) is 6.04 Å². The summed E-state index contributed by atoms with van der Waals surface area (Å²) in [5.74, 6) is 0.528. The van der Waals surface area contributed by atoms with Gasteiger partial charge >= 0.3 is 0 Å². The molecule has 0 aromatic heterocycles. The number of hydrogen-bond donors (Lipinski definition) is 1. The monoisotopic (exact) mass is 251 g/mol. The fourth-order valence-corrected chi connectivity index (χ4v) is 2.13. The van der Waals surface area contributed by atoms with Crippen LogP contribution in [-0.2, 0) is 11.2 Å². The normalized spacial score (nSPS) is 11.3. The van der Waals surface area contributed by atoms with Crippen LogP contribution < -0.4 is 5.32 Å². The van der Waals surface area contributed by atoms with Gasteiger partial charge in [-0.25, -0.2) is 4.39 Å². The summed E-state index contributed by atoms with van der Waals surface area (Å²) in [5, 5.41) is 3.05. The molecule has 0 aliphatic rings. The number of nitrogens with one attached hydrogen (secondary N) is 1. The Kier molecular flexibility index (Phi) is 5.32. The summed E-state index contributed by atoms with van der Waals surface area (Å²) in [7, 11) is 0. The number of carbonyl (C=O) groups is 1. The minimum absolute atomic E-state index is 0.00555. The molecule has 0 unspecified atom stereocenters. The van der Waals surface area contributed by atoms with Crippen molar-refractivity contribution in [3.63, 3.8) is 0 Å². The highest BCUT2D eigenvalue weighted by atomic mass is 19.1. The van der Waals surface area contributed by atoms with Gasteiger partial charge in [-0.15, -0.1) is 0 Å². The number of rotatable bonds is 5. The Balaban J connectivity index is 2.58. The van der Waals surface area contributed by atoms with Crippen LogP contribution in [0.15, 0.2) is 24.3 Å². The molecule has 0 heterocycles. The second-order valence-corrected chi connectivity index (χ2v) is 5.38. The largest absolute Gasteiger partial charge is 0.353 e. The number of hydrogen-bond acceptors (Lipinski definition) is 1. The zero-order chi connectivity index (χ0) is 13.7. The lowest BCUT2D eigenvalue weighted by Crippen LogP contribution is -2.42. The Morgan fingerprint density at radius 1 is 1.11 bits per heavy atom. The third kappa shape index (κ3) is 4.47. The fourth-order valence-electron chi connectivity index (χ4n) is 2.13. The predicted molar refractivity (Wildman–Crippen MR) is 71.7 cm³/mol. The number of carbonyl (C=O) groups excluding carboxylic acids is 1. The van der Waals surface area contributed by atoms with E-state index in [1.165, 1.54) is 12.1 Å². The third-order valence-electron chi connectivity index (χ3n) is 3.04. The molecule has 18 heavy (non-hydrogen) atoms. The van der Waals surface area contributed by atoms with Crippen molar-refractivity contribution in [2.75, 3.05) is 0 Å². The molecule has 3 heteroatoms. The maximum absolute atomic E-state index is 12.7. The van der Waals surface area contributed by atoms with Crippen LogP contribution in [0, 0.1) is 17.7 Å². The minimum Gasteiger partial charge on any atom is -0.353 e. The van der Waals surface area contributed by atoms with Gasteiger partial charge in [-0.3, -0.25) is 4.79 Å². The molecule has 1 aromatic carbocycles. The van der Waals surface area contributed by atoms with Gasteiger partial charge in [-0.2, -0.15) is 0 Å². The van der Waals surface area contributed by atoms with Gasteiger partial charge in [0.25, 0.3) is 0 Å². The lowest BCUT2D eigenvalue weighted by molar-refractivity contribution is -0.121. The molecule has 0 spiro atoms. The molecule has 0 fully saturated rings. The van der Waals surface area contributed by atoms with Crippen molar-refractivity contribution in [3.8, 4) is 0 Å². The van der Waals surface area contributed by atoms with Gasteiger partial charge < -0.3 is 5.32 Å². The molecular weight excluding hydrogens is 229 g/mol. The van der Waals surface area contributed by atoms with E-state index in [0.717, 1.165) is 5.56 Å². The quantitative estimate of drug-likeness (QED) is 0.855. The molecule has 1 rings (SSSR count). The second kappa shape index (κ2) is 6.53. The van der Waals surface area contributed by atoms with E-state index in [4.69, 9.17) is 0 Å². The lowest BCUT2D eigenvalue weighted by atomic mass is 9.93. The van der Waals surface area contributed by atoms with Gasteiger partial charge in [0.2, 0.25) is 5.91 Å². The summed E-state index contributed by atoms with van der Waals surface area (Å²) in [4.78, 5) is 11.9. The van der Waals surface area contributed by atoms with E-state index in [1.54, 1.807) is 12.1 Å². The van der Waals surface area contributed by atoms with Crippen molar-refractivity contribution in [2.45, 2.75) is 40.2 Å². The van der Waals surface area contributed by atoms with Crippen LogP contribution in [0.2, 0.25) is 0 Å². The van der Waals surface area contributed by atoms with E-state index in [2.05, 4.69) is 33.0 Å². The van der Waals surface area contributed by atoms with E-state index in [1.807, 2.05) is 0 Å². The lowest BCUT2D eigenvalue weighted by Gasteiger charge is -2.26. The Bertz CT molecular complexity index is 376. The van der Waals surface area contributed by atoms with Gasteiger partial charge in [0.1, 0.15) is 5.82 Å². The maximum atomic E-state index is 12.7. The molecule has 0 bridgehead atoms. The number of halogens is 1. The molecule has 100 valence electrons. The van der Waals surface area contributed by atoms with E-state index in [0.29, 0.717) is 18.3 Å². The van der Waals surface area contributed by atoms with E-state index >= 15 is 0 Å². The summed E-state index contributed by atoms with van der Waals surface area (Å²) in [6.45, 7) is 8.40.